The van der Waals surface area contributed by atoms with Gasteiger partial charge in [0, 0.05) is 0 Å². The van der Waals surface area contributed by atoms with Crippen LogP contribution in [0, 0.1) is 0 Å². The molecular formula is C12H7BrClN3O3S3. The van der Waals surface area contributed by atoms with Crippen molar-refractivity contribution in [2.24, 2.45) is 0 Å². The van der Waals surface area contributed by atoms with Gasteiger partial charge in [0.2, 0.25) is 0 Å². The first-order valence-electron chi connectivity index (χ1n) is 5.98. The highest BCUT2D eigenvalue weighted by molar-refractivity contribution is 9.11. The fourth-order valence-corrected chi connectivity index (χ4v) is 5.43. The van der Waals surface area contributed by atoms with Crippen molar-refractivity contribution in [1.29, 1.82) is 0 Å². The fraction of sp³-hybridized carbons (Fsp3) is 0. The summed E-state index contributed by atoms with van der Waals surface area (Å²) in [7, 11) is -3.99. The fourth-order valence-electron chi connectivity index (χ4n) is 1.74. The maximum atomic E-state index is 12.3. The third-order valence-corrected chi connectivity index (χ3v) is 7.47. The van der Waals surface area contributed by atoms with Crippen molar-refractivity contribution < 1.29 is 13.2 Å². The standard InChI is InChI=1S/C12H7BrClN3O3S3/c13-8-5-15-12(21-8)16-11(18)17-23(19,20)9-4-6-2-1-3-7(14)10(6)22-9/h1-5H,(H2,15,16,17,18). The second-order valence-corrected chi connectivity index (χ2v) is 10.0. The first-order chi connectivity index (χ1) is 10.8. The molecule has 3 aromatic rings. The summed E-state index contributed by atoms with van der Waals surface area (Å²) in [4.78, 5) is 15.7. The van der Waals surface area contributed by atoms with Crippen molar-refractivity contribution in [2.45, 2.75) is 4.21 Å². The smallest absolute Gasteiger partial charge is 0.283 e. The van der Waals surface area contributed by atoms with Crippen LogP contribution in [-0.2, 0) is 10.0 Å². The quantitative estimate of drug-likeness (QED) is 0.620. The molecule has 120 valence electrons. The van der Waals surface area contributed by atoms with Crippen LogP contribution >= 0.6 is 50.2 Å². The molecule has 0 unspecified atom stereocenters. The third-order valence-electron chi connectivity index (χ3n) is 2.66. The van der Waals surface area contributed by atoms with Crippen molar-refractivity contribution >= 4 is 81.5 Å². The zero-order valence-electron chi connectivity index (χ0n) is 11.0. The van der Waals surface area contributed by atoms with E-state index in [-0.39, 0.29) is 9.34 Å². The number of sulfonamides is 1. The molecule has 2 aromatic heterocycles. The lowest BCUT2D eigenvalue weighted by molar-refractivity contribution is 0.256. The van der Waals surface area contributed by atoms with Crippen molar-refractivity contribution in [3.63, 3.8) is 0 Å². The lowest BCUT2D eigenvalue weighted by Gasteiger charge is -2.04. The number of carbonyl (C=O) groups is 1. The van der Waals surface area contributed by atoms with E-state index in [1.807, 2.05) is 4.72 Å². The second kappa shape index (κ2) is 6.36. The zero-order chi connectivity index (χ0) is 16.6. The average Bonchev–Trinajstić information content (AvgIpc) is 3.05. The van der Waals surface area contributed by atoms with Gasteiger partial charge >= 0.3 is 6.03 Å². The highest BCUT2D eigenvalue weighted by Crippen LogP contribution is 2.34. The number of hydrogen-bond donors (Lipinski definition) is 2. The number of urea groups is 1. The third kappa shape index (κ3) is 3.66. The maximum absolute atomic E-state index is 12.3. The summed E-state index contributed by atoms with van der Waals surface area (Å²) >= 11 is 11.4. The summed E-state index contributed by atoms with van der Waals surface area (Å²) in [6.07, 6.45) is 1.50. The lowest BCUT2D eigenvalue weighted by Crippen LogP contribution is -2.33. The van der Waals surface area contributed by atoms with Crippen molar-refractivity contribution in [3.8, 4) is 0 Å². The number of thiazole rings is 1. The van der Waals surface area contributed by atoms with Gasteiger partial charge in [0.05, 0.1) is 19.7 Å². The number of carbonyl (C=O) groups excluding carboxylic acids is 1. The van der Waals surface area contributed by atoms with E-state index in [2.05, 4.69) is 26.2 Å². The molecule has 0 fully saturated rings. The Morgan fingerprint density at radius 1 is 1.30 bits per heavy atom. The minimum atomic E-state index is -3.99. The Balaban J connectivity index is 1.82. The van der Waals surface area contributed by atoms with Crippen LogP contribution in [0.3, 0.4) is 0 Å². The molecule has 0 saturated heterocycles. The number of rotatable bonds is 3. The molecule has 0 spiro atoms. The molecule has 2 amide bonds. The van der Waals surface area contributed by atoms with Crippen molar-refractivity contribution in [2.75, 3.05) is 5.32 Å². The molecule has 6 nitrogen and oxygen atoms in total. The van der Waals surface area contributed by atoms with E-state index in [0.29, 0.717) is 15.1 Å². The number of anilines is 1. The summed E-state index contributed by atoms with van der Waals surface area (Å²) < 4.78 is 27.9. The van der Waals surface area contributed by atoms with Crippen LogP contribution in [0.15, 0.2) is 38.5 Å². The van der Waals surface area contributed by atoms with E-state index < -0.39 is 16.1 Å². The van der Waals surface area contributed by atoms with Gasteiger partial charge in [-0.25, -0.2) is 22.9 Å². The minimum absolute atomic E-state index is 0.0102. The molecule has 0 aliphatic heterocycles. The van der Waals surface area contributed by atoms with E-state index in [9.17, 15) is 13.2 Å². The highest BCUT2D eigenvalue weighted by atomic mass is 79.9. The second-order valence-electron chi connectivity index (χ2n) is 4.25. The van der Waals surface area contributed by atoms with Gasteiger partial charge in [-0.1, -0.05) is 35.1 Å². The molecule has 0 aliphatic rings. The maximum Gasteiger partial charge on any atom is 0.334 e. The van der Waals surface area contributed by atoms with Gasteiger partial charge in [0.15, 0.2) is 5.13 Å². The predicted molar refractivity (Wildman–Crippen MR) is 96.0 cm³/mol. The molecule has 0 bridgehead atoms. The number of nitrogens with one attached hydrogen (secondary N) is 2. The molecule has 0 saturated carbocycles. The molecule has 1 aromatic carbocycles. The van der Waals surface area contributed by atoms with Gasteiger partial charge in [0.25, 0.3) is 10.0 Å². The molecule has 23 heavy (non-hydrogen) atoms. The summed E-state index contributed by atoms with van der Waals surface area (Å²) in [6, 6.07) is 5.76. The summed E-state index contributed by atoms with van der Waals surface area (Å²) in [5, 5.41) is 3.81. The number of benzene rings is 1. The topological polar surface area (TPSA) is 88.2 Å². The Kier molecular flexibility index (Phi) is 4.61. The van der Waals surface area contributed by atoms with Gasteiger partial charge in [-0.2, -0.15) is 0 Å². The Morgan fingerprint density at radius 3 is 2.74 bits per heavy atom. The Morgan fingerprint density at radius 2 is 2.09 bits per heavy atom. The van der Waals surface area contributed by atoms with Crippen LogP contribution in [0.2, 0.25) is 5.02 Å². The van der Waals surface area contributed by atoms with Crippen LogP contribution in [0.25, 0.3) is 10.1 Å². The monoisotopic (exact) mass is 451 g/mol. The number of nitrogens with zero attached hydrogens (tertiary/aromatic N) is 1. The normalized spacial score (nSPS) is 11.6. The van der Waals surface area contributed by atoms with Gasteiger partial charge in [0.1, 0.15) is 4.21 Å². The van der Waals surface area contributed by atoms with Crippen LogP contribution < -0.4 is 10.0 Å². The van der Waals surface area contributed by atoms with E-state index in [0.717, 1.165) is 15.1 Å². The van der Waals surface area contributed by atoms with E-state index in [4.69, 9.17) is 11.6 Å². The summed E-state index contributed by atoms with van der Waals surface area (Å²) in [5.74, 6) is 0. The van der Waals surface area contributed by atoms with E-state index >= 15 is 0 Å². The van der Waals surface area contributed by atoms with E-state index in [1.54, 1.807) is 18.2 Å². The molecule has 0 aliphatic carbocycles. The molecule has 2 N–H and O–H groups in total. The molecule has 0 atom stereocenters. The predicted octanol–water partition coefficient (Wildman–Crippen LogP) is 4.28. The molecule has 11 heteroatoms. The number of aromatic nitrogens is 1. The first-order valence-corrected chi connectivity index (χ1v) is 10.3. The van der Waals surface area contributed by atoms with Crippen LogP contribution in [0.1, 0.15) is 0 Å². The summed E-state index contributed by atoms with van der Waals surface area (Å²) in [5.41, 5.74) is 0. The average molecular weight is 453 g/mol. The van der Waals surface area contributed by atoms with Crippen LogP contribution in [0.5, 0.6) is 0 Å². The SMILES string of the molecule is O=C(Nc1ncc(Br)s1)NS(=O)(=O)c1cc2cccc(Cl)c2s1. The minimum Gasteiger partial charge on any atom is -0.283 e. The van der Waals surface area contributed by atoms with Crippen LogP contribution in [0.4, 0.5) is 9.93 Å². The van der Waals surface area contributed by atoms with Gasteiger partial charge < -0.3 is 0 Å². The number of amides is 2. The Hall–Kier alpha value is -1.20. The van der Waals surface area contributed by atoms with Crippen molar-refractivity contribution in [1.82, 2.24) is 9.71 Å². The number of fused-ring (bicyclic) bond motifs is 1. The number of hydrogen-bond acceptors (Lipinski definition) is 6. The largest absolute Gasteiger partial charge is 0.334 e. The Labute approximate surface area is 152 Å². The summed E-state index contributed by atoms with van der Waals surface area (Å²) in [6.45, 7) is 0. The van der Waals surface area contributed by atoms with E-state index in [1.165, 1.54) is 23.6 Å². The molecule has 3 rings (SSSR count). The first kappa shape index (κ1) is 16.7. The molecule has 2 heterocycles. The number of thiophene rings is 1. The number of halogens is 2. The zero-order valence-corrected chi connectivity index (χ0v) is 15.8. The van der Waals surface area contributed by atoms with Gasteiger partial charge in [-0.3, -0.25) is 5.32 Å². The van der Waals surface area contributed by atoms with Gasteiger partial charge in [-0.05, 0) is 33.4 Å². The Bertz CT molecular complexity index is 999. The van der Waals surface area contributed by atoms with Gasteiger partial charge in [-0.15, -0.1) is 11.3 Å². The lowest BCUT2D eigenvalue weighted by atomic mass is 10.3. The van der Waals surface area contributed by atoms with Crippen LogP contribution in [-0.4, -0.2) is 19.4 Å². The highest BCUT2D eigenvalue weighted by Gasteiger charge is 2.21. The molecular weight excluding hydrogens is 446 g/mol. The van der Waals surface area contributed by atoms with Crippen molar-refractivity contribution in [3.05, 3.63) is 39.3 Å². The molecule has 0 radical (unpaired) electrons.